The van der Waals surface area contributed by atoms with Crippen LogP contribution in [0.25, 0.3) is 0 Å². The number of halogens is 2. The summed E-state index contributed by atoms with van der Waals surface area (Å²) in [6.07, 6.45) is -0.718. The third-order valence-corrected chi connectivity index (χ3v) is 5.03. The standard InChI is InChI=1S/C17H18Br2O2/c1-9-7-12(18)5-6-13(9)16(20)15-11(3)14(19)8-10(2)17(15)21-4/h5-8,16,20H,1-4H3. The van der Waals surface area contributed by atoms with Crippen LogP contribution in [0.4, 0.5) is 0 Å². The van der Waals surface area contributed by atoms with E-state index < -0.39 is 6.10 Å². The largest absolute Gasteiger partial charge is 0.496 e. The number of benzene rings is 2. The van der Waals surface area contributed by atoms with Gasteiger partial charge in [0.1, 0.15) is 11.9 Å². The summed E-state index contributed by atoms with van der Waals surface area (Å²) in [6.45, 7) is 5.96. The van der Waals surface area contributed by atoms with E-state index >= 15 is 0 Å². The zero-order chi connectivity index (χ0) is 15.7. The summed E-state index contributed by atoms with van der Waals surface area (Å²) in [4.78, 5) is 0. The molecule has 2 nitrogen and oxygen atoms in total. The van der Waals surface area contributed by atoms with Crippen LogP contribution in [0.15, 0.2) is 33.2 Å². The molecular formula is C17H18Br2O2. The van der Waals surface area contributed by atoms with Crippen molar-refractivity contribution in [1.29, 1.82) is 0 Å². The Balaban J connectivity index is 2.65. The van der Waals surface area contributed by atoms with Gasteiger partial charge in [-0.05, 0) is 61.2 Å². The van der Waals surface area contributed by atoms with Crippen molar-refractivity contribution in [1.82, 2.24) is 0 Å². The maximum absolute atomic E-state index is 10.9. The molecule has 0 amide bonds. The summed E-state index contributed by atoms with van der Waals surface area (Å²) in [5, 5.41) is 10.9. The van der Waals surface area contributed by atoms with E-state index in [1.165, 1.54) is 0 Å². The van der Waals surface area contributed by atoms with Crippen LogP contribution in [0, 0.1) is 20.8 Å². The maximum Gasteiger partial charge on any atom is 0.128 e. The molecule has 4 heteroatoms. The number of aryl methyl sites for hydroxylation is 2. The Morgan fingerprint density at radius 3 is 2.29 bits per heavy atom. The zero-order valence-electron chi connectivity index (χ0n) is 12.5. The topological polar surface area (TPSA) is 29.5 Å². The van der Waals surface area contributed by atoms with E-state index in [9.17, 15) is 5.11 Å². The van der Waals surface area contributed by atoms with Gasteiger partial charge in [0.05, 0.1) is 7.11 Å². The first-order valence-corrected chi connectivity index (χ1v) is 8.23. The molecule has 0 aliphatic rings. The molecule has 2 aromatic rings. The molecular weight excluding hydrogens is 396 g/mol. The summed E-state index contributed by atoms with van der Waals surface area (Å²) in [5.41, 5.74) is 4.73. The molecule has 1 N–H and O–H groups in total. The number of hydrogen-bond donors (Lipinski definition) is 1. The smallest absolute Gasteiger partial charge is 0.128 e. The normalized spacial score (nSPS) is 12.3. The van der Waals surface area contributed by atoms with Gasteiger partial charge in [-0.2, -0.15) is 0 Å². The molecule has 0 radical (unpaired) electrons. The molecule has 112 valence electrons. The zero-order valence-corrected chi connectivity index (χ0v) is 15.7. The van der Waals surface area contributed by atoms with Crippen molar-refractivity contribution in [2.75, 3.05) is 7.11 Å². The number of hydrogen-bond acceptors (Lipinski definition) is 2. The monoisotopic (exact) mass is 412 g/mol. The molecule has 0 heterocycles. The van der Waals surface area contributed by atoms with Crippen molar-refractivity contribution < 1.29 is 9.84 Å². The Morgan fingerprint density at radius 1 is 1.05 bits per heavy atom. The fourth-order valence-electron chi connectivity index (χ4n) is 2.58. The van der Waals surface area contributed by atoms with Gasteiger partial charge in [0.2, 0.25) is 0 Å². The molecule has 0 bridgehead atoms. The first-order valence-electron chi connectivity index (χ1n) is 6.64. The van der Waals surface area contributed by atoms with Crippen molar-refractivity contribution in [3.05, 3.63) is 61.0 Å². The Bertz CT molecular complexity index is 681. The second kappa shape index (κ2) is 6.51. The average molecular weight is 414 g/mol. The van der Waals surface area contributed by atoms with Gasteiger partial charge in [-0.1, -0.05) is 37.9 Å². The van der Waals surface area contributed by atoms with Gasteiger partial charge in [-0.15, -0.1) is 0 Å². The molecule has 0 fully saturated rings. The molecule has 0 aromatic heterocycles. The Labute approximate surface area is 142 Å². The number of ether oxygens (including phenoxy) is 1. The van der Waals surface area contributed by atoms with Crippen molar-refractivity contribution >= 4 is 31.9 Å². The van der Waals surface area contributed by atoms with E-state index in [1.807, 2.05) is 45.0 Å². The van der Waals surface area contributed by atoms with Gasteiger partial charge in [0, 0.05) is 14.5 Å². The van der Waals surface area contributed by atoms with Crippen molar-refractivity contribution in [3.63, 3.8) is 0 Å². The highest BCUT2D eigenvalue weighted by Crippen LogP contribution is 2.39. The lowest BCUT2D eigenvalue weighted by atomic mass is 9.92. The van der Waals surface area contributed by atoms with Crippen molar-refractivity contribution in [3.8, 4) is 5.75 Å². The molecule has 0 aliphatic carbocycles. The predicted octanol–water partition coefficient (Wildman–Crippen LogP) is 5.23. The van der Waals surface area contributed by atoms with E-state index in [1.54, 1.807) is 7.11 Å². The summed E-state index contributed by atoms with van der Waals surface area (Å²) < 4.78 is 7.51. The van der Waals surface area contributed by atoms with Gasteiger partial charge in [-0.3, -0.25) is 0 Å². The van der Waals surface area contributed by atoms with Crippen LogP contribution >= 0.6 is 31.9 Å². The first-order chi connectivity index (χ1) is 9.86. The summed E-state index contributed by atoms with van der Waals surface area (Å²) in [6, 6.07) is 7.90. The third kappa shape index (κ3) is 3.17. The summed E-state index contributed by atoms with van der Waals surface area (Å²) >= 11 is 7.01. The maximum atomic E-state index is 10.9. The van der Waals surface area contributed by atoms with Gasteiger partial charge in [0.25, 0.3) is 0 Å². The molecule has 21 heavy (non-hydrogen) atoms. The number of rotatable bonds is 3. The van der Waals surface area contributed by atoms with Crippen molar-refractivity contribution in [2.45, 2.75) is 26.9 Å². The van der Waals surface area contributed by atoms with E-state index in [-0.39, 0.29) is 0 Å². The quantitative estimate of drug-likeness (QED) is 0.746. The Morgan fingerprint density at radius 2 is 1.71 bits per heavy atom. The highest BCUT2D eigenvalue weighted by Gasteiger charge is 2.22. The van der Waals surface area contributed by atoms with Crippen LogP contribution < -0.4 is 4.74 Å². The molecule has 0 aliphatic heterocycles. The van der Waals surface area contributed by atoms with Gasteiger partial charge in [-0.25, -0.2) is 0 Å². The minimum Gasteiger partial charge on any atom is -0.496 e. The minimum absolute atomic E-state index is 0.718. The molecule has 0 saturated heterocycles. The molecule has 1 atom stereocenters. The van der Waals surface area contributed by atoms with Gasteiger partial charge >= 0.3 is 0 Å². The van der Waals surface area contributed by atoms with E-state index in [2.05, 4.69) is 31.9 Å². The Kier molecular flexibility index (Phi) is 5.12. The number of aliphatic hydroxyl groups is 1. The van der Waals surface area contributed by atoms with E-state index in [0.717, 1.165) is 42.5 Å². The van der Waals surface area contributed by atoms with E-state index in [0.29, 0.717) is 0 Å². The fourth-order valence-corrected chi connectivity index (χ4v) is 3.61. The fraction of sp³-hybridized carbons (Fsp3) is 0.294. The molecule has 2 aromatic carbocycles. The van der Waals surface area contributed by atoms with Crippen LogP contribution in [0.1, 0.15) is 33.9 Å². The van der Waals surface area contributed by atoms with E-state index in [4.69, 9.17) is 4.74 Å². The highest BCUT2D eigenvalue weighted by molar-refractivity contribution is 9.10. The summed E-state index contributed by atoms with van der Waals surface area (Å²) in [5.74, 6) is 0.741. The molecule has 0 spiro atoms. The first kappa shape index (κ1) is 16.5. The van der Waals surface area contributed by atoms with Crippen LogP contribution in [0.5, 0.6) is 5.75 Å². The van der Waals surface area contributed by atoms with Crippen LogP contribution in [0.3, 0.4) is 0 Å². The lowest BCUT2D eigenvalue weighted by Gasteiger charge is -2.22. The minimum atomic E-state index is -0.718. The number of aliphatic hydroxyl groups excluding tert-OH is 1. The SMILES string of the molecule is COc1c(C)cc(Br)c(C)c1C(O)c1ccc(Br)cc1C. The van der Waals surface area contributed by atoms with Gasteiger partial charge < -0.3 is 9.84 Å². The third-order valence-electron chi connectivity index (χ3n) is 3.71. The second-order valence-electron chi connectivity index (χ2n) is 5.15. The highest BCUT2D eigenvalue weighted by atomic mass is 79.9. The number of methoxy groups -OCH3 is 1. The summed E-state index contributed by atoms with van der Waals surface area (Å²) in [7, 11) is 1.64. The Hall–Kier alpha value is -0.840. The van der Waals surface area contributed by atoms with Gasteiger partial charge in [0.15, 0.2) is 0 Å². The lowest BCUT2D eigenvalue weighted by molar-refractivity contribution is 0.213. The average Bonchev–Trinajstić information content (AvgIpc) is 2.41. The van der Waals surface area contributed by atoms with Crippen LogP contribution in [-0.4, -0.2) is 12.2 Å². The lowest BCUT2D eigenvalue weighted by Crippen LogP contribution is -2.08. The molecule has 0 saturated carbocycles. The predicted molar refractivity (Wildman–Crippen MR) is 93.1 cm³/mol. The molecule has 1 unspecified atom stereocenters. The van der Waals surface area contributed by atoms with Crippen LogP contribution in [0.2, 0.25) is 0 Å². The molecule has 2 rings (SSSR count). The van der Waals surface area contributed by atoms with Crippen molar-refractivity contribution in [2.24, 2.45) is 0 Å². The second-order valence-corrected chi connectivity index (χ2v) is 6.92. The van der Waals surface area contributed by atoms with Crippen LogP contribution in [-0.2, 0) is 0 Å².